The summed E-state index contributed by atoms with van der Waals surface area (Å²) in [4.78, 5) is 13.6. The van der Waals surface area contributed by atoms with Crippen LogP contribution < -0.4 is 10.6 Å². The third kappa shape index (κ3) is 4.55. The molecule has 6 heteroatoms. The number of pyridine rings is 1. The summed E-state index contributed by atoms with van der Waals surface area (Å²) in [6, 6.07) is 13.9. The van der Waals surface area contributed by atoms with Gasteiger partial charge in [0.2, 0.25) is 5.95 Å². The number of nitrogens with zero attached hydrogens (tertiary/aromatic N) is 3. The Kier molecular flexibility index (Phi) is 5.49. The topological polar surface area (TPSA) is 62.7 Å². The summed E-state index contributed by atoms with van der Waals surface area (Å²) in [5.41, 5.74) is 2.60. The smallest absolute Gasteiger partial charge is 0.225 e. The molecule has 138 valence electrons. The minimum atomic E-state index is 0.427. The lowest BCUT2D eigenvalue weighted by Gasteiger charge is -2.23. The zero-order chi connectivity index (χ0) is 18.5. The van der Waals surface area contributed by atoms with E-state index in [9.17, 15) is 0 Å². The molecule has 1 aliphatic rings. The molecule has 0 saturated heterocycles. The predicted octanol–water partition coefficient (Wildman–Crippen LogP) is 5.68. The second kappa shape index (κ2) is 8.35. The summed E-state index contributed by atoms with van der Waals surface area (Å²) >= 11 is 6.29. The summed E-state index contributed by atoms with van der Waals surface area (Å²) in [7, 11) is 0. The molecule has 1 aromatic carbocycles. The summed E-state index contributed by atoms with van der Waals surface area (Å²) < 4.78 is 0. The normalized spacial score (nSPS) is 14.7. The first-order chi connectivity index (χ1) is 13.3. The van der Waals surface area contributed by atoms with Crippen LogP contribution in [0.25, 0.3) is 11.3 Å². The lowest BCUT2D eigenvalue weighted by atomic mass is 9.96. The monoisotopic (exact) mass is 379 g/mol. The maximum atomic E-state index is 6.29. The van der Waals surface area contributed by atoms with Crippen molar-refractivity contribution in [2.75, 3.05) is 10.6 Å². The van der Waals surface area contributed by atoms with E-state index in [4.69, 9.17) is 16.6 Å². The molecule has 27 heavy (non-hydrogen) atoms. The van der Waals surface area contributed by atoms with Crippen molar-refractivity contribution in [2.45, 2.75) is 38.1 Å². The van der Waals surface area contributed by atoms with Gasteiger partial charge in [0.05, 0.1) is 16.4 Å². The second-order valence-electron chi connectivity index (χ2n) is 6.79. The molecule has 0 spiro atoms. The quantitative estimate of drug-likeness (QED) is 0.597. The lowest BCUT2D eigenvalue weighted by molar-refractivity contribution is 0.461. The summed E-state index contributed by atoms with van der Waals surface area (Å²) in [5.74, 6) is 1.34. The molecule has 0 aliphatic heterocycles. The van der Waals surface area contributed by atoms with Gasteiger partial charge in [0, 0.05) is 30.1 Å². The van der Waals surface area contributed by atoms with Crippen molar-refractivity contribution in [2.24, 2.45) is 0 Å². The lowest BCUT2D eigenvalue weighted by Crippen LogP contribution is -2.23. The van der Waals surface area contributed by atoms with E-state index in [1.807, 2.05) is 48.7 Å². The molecule has 3 aromatic rings. The van der Waals surface area contributed by atoms with Crippen molar-refractivity contribution in [3.8, 4) is 11.3 Å². The Morgan fingerprint density at radius 3 is 2.59 bits per heavy atom. The molecule has 4 rings (SSSR count). The SMILES string of the molecule is Clc1ccccc1Nc1cc(-c2cccnc2)nc(NC2CCCCC2)n1. The van der Waals surface area contributed by atoms with Crippen LogP contribution in [-0.4, -0.2) is 21.0 Å². The summed E-state index contributed by atoms with van der Waals surface area (Å²) in [6.07, 6.45) is 9.71. The molecule has 0 radical (unpaired) electrons. The van der Waals surface area contributed by atoms with Crippen LogP contribution in [-0.2, 0) is 0 Å². The first-order valence-electron chi connectivity index (χ1n) is 9.35. The van der Waals surface area contributed by atoms with Gasteiger partial charge >= 0.3 is 0 Å². The van der Waals surface area contributed by atoms with Gasteiger partial charge in [-0.25, -0.2) is 4.98 Å². The molecule has 1 saturated carbocycles. The minimum Gasteiger partial charge on any atom is -0.351 e. The third-order valence-electron chi connectivity index (χ3n) is 4.76. The van der Waals surface area contributed by atoms with E-state index < -0.39 is 0 Å². The van der Waals surface area contributed by atoms with E-state index in [0.29, 0.717) is 22.8 Å². The highest BCUT2D eigenvalue weighted by Gasteiger charge is 2.16. The number of benzene rings is 1. The highest BCUT2D eigenvalue weighted by Crippen LogP contribution is 2.28. The fourth-order valence-corrected chi connectivity index (χ4v) is 3.55. The van der Waals surface area contributed by atoms with Gasteiger partial charge in [-0.15, -0.1) is 0 Å². The van der Waals surface area contributed by atoms with E-state index in [1.165, 1.54) is 19.3 Å². The number of halogens is 1. The molecule has 0 bridgehead atoms. The van der Waals surface area contributed by atoms with Gasteiger partial charge in [-0.2, -0.15) is 4.98 Å². The number of aromatic nitrogens is 3. The Morgan fingerprint density at radius 2 is 1.81 bits per heavy atom. The Morgan fingerprint density at radius 1 is 0.963 bits per heavy atom. The Bertz CT molecular complexity index is 894. The van der Waals surface area contributed by atoms with Crippen LogP contribution in [0.4, 0.5) is 17.5 Å². The van der Waals surface area contributed by atoms with Gasteiger partial charge in [0.25, 0.3) is 0 Å². The van der Waals surface area contributed by atoms with E-state index in [-0.39, 0.29) is 0 Å². The molecule has 1 fully saturated rings. The number of anilines is 3. The number of hydrogen-bond donors (Lipinski definition) is 2. The van der Waals surface area contributed by atoms with Crippen molar-refractivity contribution in [1.82, 2.24) is 15.0 Å². The molecule has 0 amide bonds. The van der Waals surface area contributed by atoms with Gasteiger partial charge < -0.3 is 10.6 Å². The molecule has 5 nitrogen and oxygen atoms in total. The Labute approximate surface area is 164 Å². The van der Waals surface area contributed by atoms with E-state index >= 15 is 0 Å². The Balaban J connectivity index is 1.66. The predicted molar refractivity (Wildman–Crippen MR) is 110 cm³/mol. The van der Waals surface area contributed by atoms with Crippen LogP contribution in [0.15, 0.2) is 54.9 Å². The van der Waals surface area contributed by atoms with Crippen molar-refractivity contribution in [3.05, 3.63) is 59.9 Å². The van der Waals surface area contributed by atoms with Gasteiger partial charge in [-0.05, 0) is 37.1 Å². The van der Waals surface area contributed by atoms with E-state index in [0.717, 1.165) is 29.8 Å². The maximum Gasteiger partial charge on any atom is 0.225 e. The molecule has 0 atom stereocenters. The van der Waals surface area contributed by atoms with Crippen LogP contribution in [0.3, 0.4) is 0 Å². The van der Waals surface area contributed by atoms with Crippen LogP contribution in [0.5, 0.6) is 0 Å². The standard InChI is InChI=1S/C21H22ClN5/c22-17-10-4-5-11-18(17)25-20-13-19(15-7-6-12-23-14-15)26-21(27-20)24-16-8-2-1-3-9-16/h4-7,10-14,16H,1-3,8-9H2,(H2,24,25,26,27). The average molecular weight is 380 g/mol. The van der Waals surface area contributed by atoms with Crippen molar-refractivity contribution < 1.29 is 0 Å². The van der Waals surface area contributed by atoms with Gasteiger partial charge in [-0.3, -0.25) is 4.98 Å². The molecule has 1 aliphatic carbocycles. The van der Waals surface area contributed by atoms with Crippen LogP contribution in [0, 0.1) is 0 Å². The number of nitrogens with one attached hydrogen (secondary N) is 2. The van der Waals surface area contributed by atoms with Gasteiger partial charge in [0.15, 0.2) is 0 Å². The molecular weight excluding hydrogens is 358 g/mol. The van der Waals surface area contributed by atoms with Crippen LogP contribution in [0.1, 0.15) is 32.1 Å². The van der Waals surface area contributed by atoms with E-state index in [1.54, 1.807) is 6.20 Å². The van der Waals surface area contributed by atoms with Gasteiger partial charge in [0.1, 0.15) is 5.82 Å². The fourth-order valence-electron chi connectivity index (χ4n) is 3.37. The molecular formula is C21H22ClN5. The van der Waals surface area contributed by atoms with Crippen LogP contribution in [0.2, 0.25) is 5.02 Å². The maximum absolute atomic E-state index is 6.29. The molecule has 2 heterocycles. The van der Waals surface area contributed by atoms with E-state index in [2.05, 4.69) is 20.6 Å². The largest absolute Gasteiger partial charge is 0.351 e. The van der Waals surface area contributed by atoms with Crippen molar-refractivity contribution >= 4 is 29.1 Å². The molecule has 0 unspecified atom stereocenters. The van der Waals surface area contributed by atoms with Crippen molar-refractivity contribution in [3.63, 3.8) is 0 Å². The fraction of sp³-hybridized carbons (Fsp3) is 0.286. The summed E-state index contributed by atoms with van der Waals surface area (Å²) in [5, 5.41) is 7.49. The number of hydrogen-bond acceptors (Lipinski definition) is 5. The third-order valence-corrected chi connectivity index (χ3v) is 5.09. The zero-order valence-corrected chi connectivity index (χ0v) is 15.8. The molecule has 2 N–H and O–H groups in total. The highest BCUT2D eigenvalue weighted by molar-refractivity contribution is 6.33. The van der Waals surface area contributed by atoms with Crippen LogP contribution >= 0.6 is 11.6 Å². The average Bonchev–Trinajstić information content (AvgIpc) is 2.71. The number of para-hydroxylation sites is 1. The highest BCUT2D eigenvalue weighted by atomic mass is 35.5. The first-order valence-corrected chi connectivity index (χ1v) is 9.73. The summed E-state index contributed by atoms with van der Waals surface area (Å²) in [6.45, 7) is 0. The minimum absolute atomic E-state index is 0.427. The first kappa shape index (κ1) is 17.7. The van der Waals surface area contributed by atoms with Gasteiger partial charge in [-0.1, -0.05) is 43.0 Å². The van der Waals surface area contributed by atoms with Crippen molar-refractivity contribution in [1.29, 1.82) is 0 Å². The zero-order valence-electron chi connectivity index (χ0n) is 15.0. The Hall–Kier alpha value is -2.66. The molecule has 2 aromatic heterocycles. The number of rotatable bonds is 5. The second-order valence-corrected chi connectivity index (χ2v) is 7.20.